The van der Waals surface area contributed by atoms with Crippen LogP contribution in [0.4, 0.5) is 8.78 Å². The average molecular weight is 263 g/mol. The van der Waals surface area contributed by atoms with Crippen LogP contribution < -0.4 is 5.73 Å². The maximum Gasteiger partial charge on any atom is 0.153 e. The first-order valence-electron chi connectivity index (χ1n) is 5.71. The van der Waals surface area contributed by atoms with E-state index in [0.717, 1.165) is 11.8 Å². The van der Waals surface area contributed by atoms with Crippen LogP contribution in [0.3, 0.4) is 0 Å². The van der Waals surface area contributed by atoms with Gasteiger partial charge in [-0.25, -0.2) is 18.7 Å². The summed E-state index contributed by atoms with van der Waals surface area (Å²) in [5.41, 5.74) is 7.22. The number of H-pyrrole nitrogens is 2. The second-order valence-electron chi connectivity index (χ2n) is 4.29. The van der Waals surface area contributed by atoms with Crippen molar-refractivity contribution in [1.29, 1.82) is 0 Å². The third-order valence-electron chi connectivity index (χ3n) is 2.87. The second kappa shape index (κ2) is 4.43. The molecule has 0 radical (unpaired) electrons. The summed E-state index contributed by atoms with van der Waals surface area (Å²) in [6, 6.07) is 1.54. The van der Waals surface area contributed by atoms with Crippen molar-refractivity contribution in [2.45, 2.75) is 12.5 Å². The van der Waals surface area contributed by atoms with Crippen LogP contribution in [0.1, 0.15) is 17.6 Å². The highest BCUT2D eigenvalue weighted by molar-refractivity contribution is 5.75. The van der Waals surface area contributed by atoms with Gasteiger partial charge in [0.05, 0.1) is 17.9 Å². The molecule has 3 rings (SSSR count). The van der Waals surface area contributed by atoms with E-state index in [1.54, 1.807) is 12.5 Å². The highest BCUT2D eigenvalue weighted by Crippen LogP contribution is 2.20. The van der Waals surface area contributed by atoms with Crippen LogP contribution in [0.5, 0.6) is 0 Å². The molecule has 1 aromatic carbocycles. The summed E-state index contributed by atoms with van der Waals surface area (Å²) < 4.78 is 26.6. The van der Waals surface area contributed by atoms with Gasteiger partial charge >= 0.3 is 0 Å². The molecular weight excluding hydrogens is 252 g/mol. The highest BCUT2D eigenvalue weighted by atomic mass is 19.1. The first-order chi connectivity index (χ1) is 9.13. The molecule has 1 atom stereocenters. The van der Waals surface area contributed by atoms with Crippen LogP contribution in [-0.4, -0.2) is 19.9 Å². The van der Waals surface area contributed by atoms with Crippen molar-refractivity contribution in [2.75, 3.05) is 0 Å². The van der Waals surface area contributed by atoms with Gasteiger partial charge in [-0.05, 0) is 6.07 Å². The Morgan fingerprint density at radius 1 is 1.32 bits per heavy atom. The number of aromatic nitrogens is 4. The van der Waals surface area contributed by atoms with Crippen molar-refractivity contribution in [3.63, 3.8) is 0 Å². The summed E-state index contributed by atoms with van der Waals surface area (Å²) in [6.45, 7) is 0. The van der Waals surface area contributed by atoms with Crippen molar-refractivity contribution < 1.29 is 8.78 Å². The lowest BCUT2D eigenvalue weighted by molar-refractivity contribution is 0.590. The fourth-order valence-electron chi connectivity index (χ4n) is 1.97. The van der Waals surface area contributed by atoms with Gasteiger partial charge in [-0.2, -0.15) is 0 Å². The van der Waals surface area contributed by atoms with E-state index in [9.17, 15) is 8.78 Å². The topological polar surface area (TPSA) is 83.4 Å². The Kier molecular flexibility index (Phi) is 2.75. The fraction of sp³-hybridized carbons (Fsp3) is 0.167. The molecule has 19 heavy (non-hydrogen) atoms. The molecule has 5 nitrogen and oxygen atoms in total. The molecule has 0 fully saturated rings. The maximum atomic E-state index is 13.5. The molecule has 0 saturated carbocycles. The molecule has 0 aliphatic heterocycles. The zero-order valence-electron chi connectivity index (χ0n) is 9.82. The molecule has 3 aromatic rings. The minimum atomic E-state index is -0.703. The predicted molar refractivity (Wildman–Crippen MR) is 65.2 cm³/mol. The summed E-state index contributed by atoms with van der Waals surface area (Å²) >= 11 is 0. The summed E-state index contributed by atoms with van der Waals surface area (Å²) in [7, 11) is 0. The van der Waals surface area contributed by atoms with Crippen molar-refractivity contribution in [1.82, 2.24) is 19.9 Å². The highest BCUT2D eigenvalue weighted by Gasteiger charge is 2.15. The van der Waals surface area contributed by atoms with Gasteiger partial charge in [-0.3, -0.25) is 0 Å². The zero-order chi connectivity index (χ0) is 13.4. The molecule has 0 aliphatic rings. The van der Waals surface area contributed by atoms with Crippen LogP contribution in [0, 0.1) is 11.6 Å². The van der Waals surface area contributed by atoms with E-state index < -0.39 is 17.7 Å². The Balaban J connectivity index is 1.94. The zero-order valence-corrected chi connectivity index (χ0v) is 9.82. The van der Waals surface area contributed by atoms with Gasteiger partial charge in [0, 0.05) is 24.4 Å². The molecule has 1 unspecified atom stereocenters. The summed E-state index contributed by atoms with van der Waals surface area (Å²) in [5, 5.41) is 0. The van der Waals surface area contributed by atoms with Gasteiger partial charge in [-0.15, -0.1) is 0 Å². The lowest BCUT2D eigenvalue weighted by atomic mass is 10.2. The number of fused-ring (bicyclic) bond motifs is 1. The minimum absolute atomic E-state index is 0.0939. The number of imidazole rings is 2. The van der Waals surface area contributed by atoms with Crippen LogP contribution in [-0.2, 0) is 6.42 Å². The Labute approximate surface area is 106 Å². The van der Waals surface area contributed by atoms with Gasteiger partial charge in [-0.1, -0.05) is 0 Å². The molecule has 2 aromatic heterocycles. The largest absolute Gasteiger partial charge is 0.348 e. The molecule has 98 valence electrons. The molecule has 0 aliphatic carbocycles. The molecule has 0 bridgehead atoms. The van der Waals surface area contributed by atoms with Crippen LogP contribution in [0.25, 0.3) is 11.0 Å². The van der Waals surface area contributed by atoms with Gasteiger partial charge < -0.3 is 15.7 Å². The lowest BCUT2D eigenvalue weighted by Gasteiger charge is -2.05. The van der Waals surface area contributed by atoms with E-state index in [4.69, 9.17) is 5.73 Å². The number of hydrogen-bond donors (Lipinski definition) is 3. The first kappa shape index (κ1) is 11.8. The summed E-state index contributed by atoms with van der Waals surface area (Å²) in [5.74, 6) is -0.942. The number of hydrogen-bond acceptors (Lipinski definition) is 3. The van der Waals surface area contributed by atoms with E-state index in [1.165, 1.54) is 6.07 Å². The molecular formula is C12H11F2N5. The van der Waals surface area contributed by atoms with E-state index in [1.807, 2.05) is 0 Å². The van der Waals surface area contributed by atoms with E-state index in [0.29, 0.717) is 17.8 Å². The second-order valence-corrected chi connectivity index (χ2v) is 4.29. The Bertz CT molecular complexity index is 704. The number of nitrogens with zero attached hydrogens (tertiary/aromatic N) is 2. The number of aromatic amines is 2. The molecule has 2 heterocycles. The standard InChI is InChI=1S/C12H11F2N5/c13-6-1-8(14)11-10(2-6)18-12(19-11)9(15)3-7-4-16-5-17-7/h1-2,4-5,9H,3,15H2,(H,16,17)(H,18,19). The monoisotopic (exact) mass is 263 g/mol. The SMILES string of the molecule is NC(Cc1cnc[nH]1)c1nc2c(F)cc(F)cc2[nH]1. The van der Waals surface area contributed by atoms with Gasteiger partial charge in [0.1, 0.15) is 17.2 Å². The Morgan fingerprint density at radius 2 is 2.16 bits per heavy atom. The number of rotatable bonds is 3. The van der Waals surface area contributed by atoms with Gasteiger partial charge in [0.15, 0.2) is 5.82 Å². The Morgan fingerprint density at radius 3 is 2.89 bits per heavy atom. The smallest absolute Gasteiger partial charge is 0.153 e. The maximum absolute atomic E-state index is 13.5. The van der Waals surface area contributed by atoms with Crippen molar-refractivity contribution >= 4 is 11.0 Å². The molecule has 4 N–H and O–H groups in total. The van der Waals surface area contributed by atoms with Crippen LogP contribution in [0.15, 0.2) is 24.7 Å². The first-order valence-corrected chi connectivity index (χ1v) is 5.71. The predicted octanol–water partition coefficient (Wildman–Crippen LogP) is 1.81. The average Bonchev–Trinajstić information content (AvgIpc) is 2.97. The third kappa shape index (κ3) is 2.19. The van der Waals surface area contributed by atoms with E-state index >= 15 is 0 Å². The van der Waals surface area contributed by atoms with Crippen molar-refractivity contribution in [2.24, 2.45) is 5.73 Å². The molecule has 0 saturated heterocycles. The quantitative estimate of drug-likeness (QED) is 0.673. The van der Waals surface area contributed by atoms with Crippen LogP contribution in [0.2, 0.25) is 0 Å². The van der Waals surface area contributed by atoms with Crippen molar-refractivity contribution in [3.05, 3.63) is 47.8 Å². The lowest BCUT2D eigenvalue weighted by Crippen LogP contribution is -2.15. The normalized spacial score (nSPS) is 13.0. The summed E-state index contributed by atoms with van der Waals surface area (Å²) in [4.78, 5) is 13.7. The fourth-order valence-corrected chi connectivity index (χ4v) is 1.97. The molecule has 0 amide bonds. The number of benzene rings is 1. The minimum Gasteiger partial charge on any atom is -0.348 e. The van der Waals surface area contributed by atoms with Gasteiger partial charge in [0.25, 0.3) is 0 Å². The number of nitrogens with one attached hydrogen (secondary N) is 2. The van der Waals surface area contributed by atoms with Crippen molar-refractivity contribution in [3.8, 4) is 0 Å². The Hall–Kier alpha value is -2.28. The molecule has 7 heteroatoms. The van der Waals surface area contributed by atoms with E-state index in [-0.39, 0.29) is 5.52 Å². The number of nitrogens with two attached hydrogens (primary N) is 1. The van der Waals surface area contributed by atoms with E-state index in [2.05, 4.69) is 19.9 Å². The molecule has 0 spiro atoms. The van der Waals surface area contributed by atoms with Gasteiger partial charge in [0.2, 0.25) is 0 Å². The summed E-state index contributed by atoms with van der Waals surface area (Å²) in [6.07, 6.45) is 3.68. The third-order valence-corrected chi connectivity index (χ3v) is 2.87. The number of halogens is 2. The van der Waals surface area contributed by atoms with Crippen LogP contribution >= 0.6 is 0 Å².